The van der Waals surface area contributed by atoms with E-state index < -0.39 is 5.79 Å². The first-order valence-electron chi connectivity index (χ1n) is 3.61. The molecule has 0 N–H and O–H groups in total. The van der Waals surface area contributed by atoms with E-state index in [9.17, 15) is 0 Å². The van der Waals surface area contributed by atoms with Crippen LogP contribution < -0.4 is 0 Å². The highest BCUT2D eigenvalue weighted by atomic mass is 16.8. The second-order valence-corrected chi connectivity index (χ2v) is 3.24. The van der Waals surface area contributed by atoms with Crippen LogP contribution in [0, 0.1) is 0 Å². The van der Waals surface area contributed by atoms with E-state index in [2.05, 4.69) is 0 Å². The van der Waals surface area contributed by atoms with Crippen LogP contribution in [0.5, 0.6) is 0 Å². The van der Waals surface area contributed by atoms with Crippen molar-refractivity contribution in [2.24, 2.45) is 0 Å². The molecule has 2 atom stereocenters. The zero-order valence-corrected chi connectivity index (χ0v) is 6.29. The van der Waals surface area contributed by atoms with Crippen molar-refractivity contribution in [3.05, 3.63) is 0 Å². The third-order valence-electron chi connectivity index (χ3n) is 1.80. The summed E-state index contributed by atoms with van der Waals surface area (Å²) in [5.74, 6) is -0.392. The lowest BCUT2D eigenvalue weighted by molar-refractivity contribution is -0.140. The molecule has 58 valence electrons. The fraction of sp³-hybridized carbons (Fsp3) is 1.00. The van der Waals surface area contributed by atoms with Crippen molar-refractivity contribution in [1.82, 2.24) is 0 Å². The van der Waals surface area contributed by atoms with Gasteiger partial charge in [0.25, 0.3) is 0 Å². The van der Waals surface area contributed by atoms with E-state index in [0.717, 1.165) is 6.61 Å². The van der Waals surface area contributed by atoms with Crippen LogP contribution in [0.1, 0.15) is 13.8 Å². The molecule has 0 saturated carbocycles. The van der Waals surface area contributed by atoms with E-state index in [1.54, 1.807) is 0 Å². The molecule has 2 aliphatic heterocycles. The summed E-state index contributed by atoms with van der Waals surface area (Å²) in [5, 5.41) is 0. The molecule has 0 amide bonds. The van der Waals surface area contributed by atoms with Gasteiger partial charge in [-0.2, -0.15) is 0 Å². The Hall–Kier alpha value is -0.120. The minimum Gasteiger partial charge on any atom is -0.370 e. The molecule has 3 nitrogen and oxygen atoms in total. The van der Waals surface area contributed by atoms with E-state index in [0.29, 0.717) is 12.7 Å². The van der Waals surface area contributed by atoms with Crippen molar-refractivity contribution < 1.29 is 14.2 Å². The minimum atomic E-state index is -0.392. The van der Waals surface area contributed by atoms with E-state index >= 15 is 0 Å². The third kappa shape index (κ3) is 1.17. The van der Waals surface area contributed by atoms with Gasteiger partial charge in [0.05, 0.1) is 13.2 Å². The Morgan fingerprint density at radius 3 is 2.30 bits per heavy atom. The molecular weight excluding hydrogens is 132 g/mol. The molecule has 0 aromatic heterocycles. The maximum absolute atomic E-state index is 5.53. The van der Waals surface area contributed by atoms with Crippen molar-refractivity contribution >= 4 is 0 Å². The van der Waals surface area contributed by atoms with Crippen LogP contribution in [0.3, 0.4) is 0 Å². The number of rotatable bonds is 1. The Morgan fingerprint density at radius 1 is 1.20 bits per heavy atom. The van der Waals surface area contributed by atoms with Gasteiger partial charge in [0, 0.05) is 0 Å². The molecule has 2 aliphatic rings. The predicted molar refractivity (Wildman–Crippen MR) is 34.6 cm³/mol. The van der Waals surface area contributed by atoms with Crippen LogP contribution in [-0.4, -0.2) is 31.2 Å². The molecule has 1 unspecified atom stereocenters. The molecule has 0 bridgehead atoms. The zero-order chi connectivity index (χ0) is 7.19. The Morgan fingerprint density at radius 2 is 1.90 bits per heavy atom. The van der Waals surface area contributed by atoms with E-state index in [-0.39, 0.29) is 6.10 Å². The first kappa shape index (κ1) is 6.58. The normalized spacial score (nSPS) is 43.8. The minimum absolute atomic E-state index is 0.176. The van der Waals surface area contributed by atoms with Crippen molar-refractivity contribution in [2.45, 2.75) is 31.8 Å². The second-order valence-electron chi connectivity index (χ2n) is 3.24. The summed E-state index contributed by atoms with van der Waals surface area (Å²) >= 11 is 0. The van der Waals surface area contributed by atoms with Crippen molar-refractivity contribution in [3.63, 3.8) is 0 Å². The van der Waals surface area contributed by atoms with Crippen LogP contribution in [-0.2, 0) is 14.2 Å². The van der Waals surface area contributed by atoms with Crippen molar-refractivity contribution in [2.75, 3.05) is 13.2 Å². The zero-order valence-electron chi connectivity index (χ0n) is 6.29. The molecule has 10 heavy (non-hydrogen) atoms. The van der Waals surface area contributed by atoms with Gasteiger partial charge in [-0.15, -0.1) is 0 Å². The van der Waals surface area contributed by atoms with Gasteiger partial charge in [-0.3, -0.25) is 0 Å². The Balaban J connectivity index is 1.92. The van der Waals surface area contributed by atoms with Crippen LogP contribution in [0.4, 0.5) is 0 Å². The van der Waals surface area contributed by atoms with Gasteiger partial charge < -0.3 is 14.2 Å². The van der Waals surface area contributed by atoms with E-state index in [1.165, 1.54) is 0 Å². The standard InChI is InChI=1S/C7H12O3/c1-7(2)9-4-6(10-7)5-3-8-5/h5-6H,3-4H2,1-2H3/t5-,6?/m0/s1. The molecule has 0 aromatic rings. The molecule has 2 heterocycles. The lowest BCUT2D eigenvalue weighted by atomic mass is 10.3. The van der Waals surface area contributed by atoms with Crippen molar-refractivity contribution in [1.29, 1.82) is 0 Å². The topological polar surface area (TPSA) is 31.0 Å². The largest absolute Gasteiger partial charge is 0.370 e. The summed E-state index contributed by atoms with van der Waals surface area (Å²) in [6.45, 7) is 5.37. The summed E-state index contributed by atoms with van der Waals surface area (Å²) in [7, 11) is 0. The quantitative estimate of drug-likeness (QED) is 0.503. The fourth-order valence-corrected chi connectivity index (χ4v) is 1.17. The maximum atomic E-state index is 5.53. The van der Waals surface area contributed by atoms with Gasteiger partial charge in [0.2, 0.25) is 0 Å². The molecule has 2 saturated heterocycles. The van der Waals surface area contributed by atoms with Gasteiger partial charge in [-0.1, -0.05) is 0 Å². The van der Waals surface area contributed by atoms with Gasteiger partial charge >= 0.3 is 0 Å². The smallest absolute Gasteiger partial charge is 0.163 e. The van der Waals surface area contributed by atoms with Crippen LogP contribution in [0.2, 0.25) is 0 Å². The molecule has 0 aromatic carbocycles. The molecule has 2 fully saturated rings. The molecule has 2 rings (SSSR count). The van der Waals surface area contributed by atoms with Crippen LogP contribution >= 0.6 is 0 Å². The second kappa shape index (κ2) is 1.94. The van der Waals surface area contributed by atoms with Gasteiger partial charge in [0.1, 0.15) is 12.2 Å². The summed E-state index contributed by atoms with van der Waals surface area (Å²) in [6.07, 6.45) is 0.483. The first-order chi connectivity index (χ1) is 4.67. The summed E-state index contributed by atoms with van der Waals surface area (Å²) in [4.78, 5) is 0. The third-order valence-corrected chi connectivity index (χ3v) is 1.80. The van der Waals surface area contributed by atoms with Crippen LogP contribution in [0.25, 0.3) is 0 Å². The highest BCUT2D eigenvalue weighted by Crippen LogP contribution is 2.29. The SMILES string of the molecule is CC1(C)OCC([C@@H]2CO2)O1. The monoisotopic (exact) mass is 144 g/mol. The Bertz CT molecular complexity index is 140. The Kier molecular flexibility index (Phi) is 1.27. The Labute approximate surface area is 60.3 Å². The molecule has 0 radical (unpaired) electrons. The van der Waals surface area contributed by atoms with Crippen LogP contribution in [0.15, 0.2) is 0 Å². The highest BCUT2D eigenvalue weighted by molar-refractivity contribution is 4.84. The number of hydrogen-bond acceptors (Lipinski definition) is 3. The van der Waals surface area contributed by atoms with Gasteiger partial charge in [0.15, 0.2) is 5.79 Å². The lowest BCUT2D eigenvalue weighted by Crippen LogP contribution is -2.24. The molecule has 0 aliphatic carbocycles. The first-order valence-corrected chi connectivity index (χ1v) is 3.61. The maximum Gasteiger partial charge on any atom is 0.163 e. The van der Waals surface area contributed by atoms with Crippen molar-refractivity contribution in [3.8, 4) is 0 Å². The number of epoxide rings is 1. The molecule has 0 spiro atoms. The highest BCUT2D eigenvalue weighted by Gasteiger charge is 2.43. The van der Waals surface area contributed by atoms with Gasteiger partial charge in [-0.25, -0.2) is 0 Å². The summed E-state index contributed by atoms with van der Waals surface area (Å²) < 4.78 is 16.0. The number of hydrogen-bond donors (Lipinski definition) is 0. The summed E-state index contributed by atoms with van der Waals surface area (Å²) in [5.41, 5.74) is 0. The summed E-state index contributed by atoms with van der Waals surface area (Å²) in [6, 6.07) is 0. The van der Waals surface area contributed by atoms with Gasteiger partial charge in [-0.05, 0) is 13.8 Å². The molecule has 3 heteroatoms. The average Bonchev–Trinajstić information content (AvgIpc) is 2.59. The number of ether oxygens (including phenoxy) is 3. The van der Waals surface area contributed by atoms with E-state index in [4.69, 9.17) is 14.2 Å². The fourth-order valence-electron chi connectivity index (χ4n) is 1.17. The van der Waals surface area contributed by atoms with E-state index in [1.807, 2.05) is 13.8 Å². The lowest BCUT2D eigenvalue weighted by Gasteiger charge is -2.15. The average molecular weight is 144 g/mol. The molecular formula is C7H12O3. The predicted octanol–water partition coefficient (Wildman–Crippen LogP) is 0.537.